The lowest BCUT2D eigenvalue weighted by Crippen LogP contribution is -2.32. The number of hydrazone groups is 1. The van der Waals surface area contributed by atoms with Gasteiger partial charge in [0, 0.05) is 5.69 Å². The molecule has 2 amide bonds. The highest BCUT2D eigenvalue weighted by molar-refractivity contribution is 6.42. The minimum Gasteiger partial charge on any atom is -0.317 e. The topological polar surface area (TPSA) is 70.6 Å². The first-order valence-electron chi connectivity index (χ1n) is 6.62. The van der Waals surface area contributed by atoms with Crippen molar-refractivity contribution >= 4 is 46.9 Å². The molecular formula is C16H13Cl2N3O2. The van der Waals surface area contributed by atoms with Gasteiger partial charge in [0.2, 0.25) is 0 Å². The van der Waals surface area contributed by atoms with Crippen LogP contribution in [0.5, 0.6) is 0 Å². The van der Waals surface area contributed by atoms with Crippen LogP contribution in [0.15, 0.2) is 47.6 Å². The van der Waals surface area contributed by atoms with Crippen molar-refractivity contribution in [2.45, 2.75) is 6.92 Å². The lowest BCUT2D eigenvalue weighted by molar-refractivity contribution is -0.136. The largest absolute Gasteiger partial charge is 0.329 e. The van der Waals surface area contributed by atoms with E-state index in [1.54, 1.807) is 30.3 Å². The van der Waals surface area contributed by atoms with Crippen molar-refractivity contribution in [1.29, 1.82) is 0 Å². The number of para-hydroxylation sites is 1. The van der Waals surface area contributed by atoms with Gasteiger partial charge < -0.3 is 5.32 Å². The summed E-state index contributed by atoms with van der Waals surface area (Å²) >= 11 is 11.7. The number of carbonyl (C=O) groups is 2. The van der Waals surface area contributed by atoms with Crippen LogP contribution in [0.25, 0.3) is 0 Å². The van der Waals surface area contributed by atoms with Crippen molar-refractivity contribution in [3.05, 3.63) is 63.6 Å². The van der Waals surface area contributed by atoms with Crippen LogP contribution in [-0.4, -0.2) is 18.0 Å². The summed E-state index contributed by atoms with van der Waals surface area (Å²) in [6.07, 6.45) is 1.36. The van der Waals surface area contributed by atoms with E-state index >= 15 is 0 Å². The van der Waals surface area contributed by atoms with Crippen LogP contribution in [0.2, 0.25) is 10.0 Å². The van der Waals surface area contributed by atoms with Crippen LogP contribution in [0, 0.1) is 6.92 Å². The molecule has 5 nitrogen and oxygen atoms in total. The highest BCUT2D eigenvalue weighted by Crippen LogP contribution is 2.21. The maximum Gasteiger partial charge on any atom is 0.329 e. The maximum absolute atomic E-state index is 11.8. The molecule has 0 spiro atoms. The standard InChI is InChI=1S/C16H13Cl2N3O2/c1-10-4-2-3-5-14(10)20-15(22)16(23)21-19-9-11-6-7-12(17)13(18)8-11/h2-9H,1H3,(H,20,22)(H,21,23)/b19-9-. The van der Waals surface area contributed by atoms with Gasteiger partial charge in [0.05, 0.1) is 16.3 Å². The number of hydrogen-bond acceptors (Lipinski definition) is 3. The fraction of sp³-hybridized carbons (Fsp3) is 0.0625. The fourth-order valence-electron chi connectivity index (χ4n) is 1.70. The van der Waals surface area contributed by atoms with Crippen molar-refractivity contribution in [3.8, 4) is 0 Å². The van der Waals surface area contributed by atoms with Gasteiger partial charge >= 0.3 is 11.8 Å². The molecular weight excluding hydrogens is 337 g/mol. The Morgan fingerprint density at radius 2 is 1.78 bits per heavy atom. The van der Waals surface area contributed by atoms with Crippen LogP contribution < -0.4 is 10.7 Å². The van der Waals surface area contributed by atoms with Crippen LogP contribution in [0.1, 0.15) is 11.1 Å². The first-order chi connectivity index (χ1) is 11.0. The number of carbonyl (C=O) groups excluding carboxylic acids is 2. The number of amides is 2. The van der Waals surface area contributed by atoms with E-state index in [9.17, 15) is 9.59 Å². The van der Waals surface area contributed by atoms with E-state index < -0.39 is 11.8 Å². The lowest BCUT2D eigenvalue weighted by atomic mass is 10.2. The highest BCUT2D eigenvalue weighted by atomic mass is 35.5. The molecule has 118 valence electrons. The van der Waals surface area contributed by atoms with Crippen molar-refractivity contribution in [3.63, 3.8) is 0 Å². The number of hydrogen-bond donors (Lipinski definition) is 2. The summed E-state index contributed by atoms with van der Waals surface area (Å²) in [5, 5.41) is 7.02. The van der Waals surface area contributed by atoms with E-state index in [1.165, 1.54) is 6.21 Å². The summed E-state index contributed by atoms with van der Waals surface area (Å²) < 4.78 is 0. The second-order valence-corrected chi connectivity index (χ2v) is 5.46. The molecule has 0 aliphatic carbocycles. The molecule has 0 aromatic heterocycles. The summed E-state index contributed by atoms with van der Waals surface area (Å²) in [5.74, 6) is -1.67. The van der Waals surface area contributed by atoms with Gasteiger partial charge in [-0.2, -0.15) is 5.10 Å². The molecule has 0 saturated heterocycles. The number of benzene rings is 2. The average Bonchev–Trinajstić information content (AvgIpc) is 2.53. The Bertz CT molecular complexity index is 776. The number of halogens is 2. The Morgan fingerprint density at radius 3 is 2.48 bits per heavy atom. The molecule has 0 bridgehead atoms. The Hall–Kier alpha value is -2.37. The number of aryl methyl sites for hydroxylation is 1. The Morgan fingerprint density at radius 1 is 1.04 bits per heavy atom. The van der Waals surface area contributed by atoms with Gasteiger partial charge in [0.25, 0.3) is 0 Å². The van der Waals surface area contributed by atoms with Crippen LogP contribution >= 0.6 is 23.2 Å². The molecule has 0 unspecified atom stereocenters. The number of rotatable bonds is 3. The predicted octanol–water partition coefficient (Wildman–Crippen LogP) is 3.39. The number of nitrogens with one attached hydrogen (secondary N) is 2. The molecule has 2 aromatic carbocycles. The lowest BCUT2D eigenvalue weighted by Gasteiger charge is -2.06. The summed E-state index contributed by atoms with van der Waals surface area (Å²) in [6.45, 7) is 1.83. The van der Waals surface area contributed by atoms with Crippen molar-refractivity contribution in [2.75, 3.05) is 5.32 Å². The third kappa shape index (κ3) is 4.81. The van der Waals surface area contributed by atoms with E-state index in [2.05, 4.69) is 15.8 Å². The molecule has 0 atom stereocenters. The van der Waals surface area contributed by atoms with Crippen LogP contribution in [0.4, 0.5) is 5.69 Å². The Balaban J connectivity index is 1.93. The molecule has 23 heavy (non-hydrogen) atoms. The summed E-state index contributed by atoms with van der Waals surface area (Å²) in [5.41, 5.74) is 4.21. The first kappa shape index (κ1) is 17.0. The Kier molecular flexibility index (Phi) is 5.73. The minimum atomic E-state index is -0.871. The van der Waals surface area contributed by atoms with Crippen molar-refractivity contribution < 1.29 is 9.59 Å². The molecule has 2 rings (SSSR count). The second kappa shape index (κ2) is 7.76. The van der Waals surface area contributed by atoms with E-state index in [0.717, 1.165) is 5.56 Å². The smallest absolute Gasteiger partial charge is 0.317 e. The van der Waals surface area contributed by atoms with Gasteiger partial charge in [0.15, 0.2) is 0 Å². The zero-order chi connectivity index (χ0) is 16.8. The molecule has 7 heteroatoms. The van der Waals surface area contributed by atoms with E-state index in [1.807, 2.05) is 19.1 Å². The van der Waals surface area contributed by atoms with Crippen molar-refractivity contribution in [1.82, 2.24) is 5.43 Å². The molecule has 0 radical (unpaired) electrons. The average molecular weight is 350 g/mol. The SMILES string of the molecule is Cc1ccccc1NC(=O)C(=O)N/N=C\c1ccc(Cl)c(Cl)c1. The zero-order valence-corrected chi connectivity index (χ0v) is 13.7. The van der Waals surface area contributed by atoms with E-state index in [-0.39, 0.29) is 0 Å². The van der Waals surface area contributed by atoms with Gasteiger partial charge in [-0.3, -0.25) is 9.59 Å². The molecule has 0 fully saturated rings. The zero-order valence-electron chi connectivity index (χ0n) is 12.1. The summed E-state index contributed by atoms with van der Waals surface area (Å²) in [6, 6.07) is 12.0. The van der Waals surface area contributed by atoms with Gasteiger partial charge in [-0.25, -0.2) is 5.43 Å². The Labute approximate surface area is 143 Å². The normalized spacial score (nSPS) is 10.6. The highest BCUT2D eigenvalue weighted by Gasteiger charge is 2.13. The van der Waals surface area contributed by atoms with Gasteiger partial charge in [-0.15, -0.1) is 0 Å². The quantitative estimate of drug-likeness (QED) is 0.506. The third-order valence-electron chi connectivity index (χ3n) is 2.92. The maximum atomic E-state index is 11.8. The molecule has 2 N–H and O–H groups in total. The van der Waals surface area contributed by atoms with E-state index in [0.29, 0.717) is 21.3 Å². The molecule has 0 aliphatic heterocycles. The van der Waals surface area contributed by atoms with Gasteiger partial charge in [-0.05, 0) is 36.2 Å². The molecule has 2 aromatic rings. The molecule has 0 saturated carbocycles. The predicted molar refractivity (Wildman–Crippen MR) is 92.0 cm³/mol. The van der Waals surface area contributed by atoms with Crippen LogP contribution in [0.3, 0.4) is 0 Å². The molecule has 0 aliphatic rings. The monoisotopic (exact) mass is 349 g/mol. The van der Waals surface area contributed by atoms with E-state index in [4.69, 9.17) is 23.2 Å². The number of anilines is 1. The minimum absolute atomic E-state index is 0.374. The molecule has 0 heterocycles. The van der Waals surface area contributed by atoms with Crippen molar-refractivity contribution in [2.24, 2.45) is 5.10 Å². The van der Waals surface area contributed by atoms with Crippen LogP contribution in [-0.2, 0) is 9.59 Å². The number of nitrogens with zero attached hydrogens (tertiary/aromatic N) is 1. The van der Waals surface area contributed by atoms with Gasteiger partial charge in [0.1, 0.15) is 0 Å². The summed E-state index contributed by atoms with van der Waals surface area (Å²) in [7, 11) is 0. The van der Waals surface area contributed by atoms with Gasteiger partial charge in [-0.1, -0.05) is 47.5 Å². The first-order valence-corrected chi connectivity index (χ1v) is 7.38. The summed E-state index contributed by atoms with van der Waals surface area (Å²) in [4.78, 5) is 23.5. The third-order valence-corrected chi connectivity index (χ3v) is 3.66. The fourth-order valence-corrected chi connectivity index (χ4v) is 2.01. The second-order valence-electron chi connectivity index (χ2n) is 4.64.